The maximum atomic E-state index is 14.0. The minimum Gasteiger partial charge on any atom is -0.497 e. The van der Waals surface area contributed by atoms with Crippen LogP contribution in [0, 0.1) is 5.82 Å². The predicted molar refractivity (Wildman–Crippen MR) is 79.8 cm³/mol. The number of benzene rings is 1. The summed E-state index contributed by atoms with van der Waals surface area (Å²) in [5.41, 5.74) is 0.539. The van der Waals surface area contributed by atoms with Gasteiger partial charge in [-0.05, 0) is 32.8 Å². The third-order valence-corrected chi connectivity index (χ3v) is 3.96. The van der Waals surface area contributed by atoms with Crippen molar-refractivity contribution in [3.05, 3.63) is 29.6 Å². The summed E-state index contributed by atoms with van der Waals surface area (Å²) in [4.78, 5) is 14.1. The Morgan fingerprint density at radius 3 is 2.57 bits per heavy atom. The summed E-state index contributed by atoms with van der Waals surface area (Å²) in [7, 11) is 1.51. The van der Waals surface area contributed by atoms with E-state index in [0.717, 1.165) is 25.9 Å². The zero-order valence-electron chi connectivity index (χ0n) is 12.9. The van der Waals surface area contributed by atoms with Crippen LogP contribution in [0.2, 0.25) is 0 Å². The second kappa shape index (κ2) is 6.89. The summed E-state index contributed by atoms with van der Waals surface area (Å²) in [6, 6.07) is 4.22. The molecule has 116 valence electrons. The summed E-state index contributed by atoms with van der Waals surface area (Å²) >= 11 is 0. The van der Waals surface area contributed by atoms with E-state index in [4.69, 9.17) is 4.74 Å². The maximum Gasteiger partial charge on any atom is 0.239 e. The normalized spacial score (nSPS) is 17.6. The average molecular weight is 294 g/mol. The Morgan fingerprint density at radius 1 is 1.33 bits per heavy atom. The van der Waals surface area contributed by atoms with Crippen molar-refractivity contribution in [2.24, 2.45) is 0 Å². The van der Waals surface area contributed by atoms with Gasteiger partial charge in [0.2, 0.25) is 5.91 Å². The lowest BCUT2D eigenvalue weighted by atomic mass is 10.1. The van der Waals surface area contributed by atoms with Crippen LogP contribution in [0.5, 0.6) is 5.75 Å². The van der Waals surface area contributed by atoms with Crippen LogP contribution in [-0.4, -0.2) is 37.0 Å². The molecule has 1 aromatic carbocycles. The number of nitrogens with zero attached hydrogens (tertiary/aromatic N) is 1. The molecule has 2 unspecified atom stereocenters. The Balaban J connectivity index is 1.99. The summed E-state index contributed by atoms with van der Waals surface area (Å²) in [5.74, 6) is 0.257. The Hall–Kier alpha value is -1.62. The molecule has 0 radical (unpaired) electrons. The first-order valence-electron chi connectivity index (χ1n) is 7.41. The standard InChI is InChI=1S/C16H23FN2O2/c1-11(14-7-6-13(21-3)10-15(14)17)18-12(2)16(20)19-8-4-5-9-19/h6-7,10-12,18H,4-5,8-9H2,1-3H3. The van der Waals surface area contributed by atoms with E-state index in [1.807, 2.05) is 18.7 Å². The van der Waals surface area contributed by atoms with Gasteiger partial charge in [-0.1, -0.05) is 6.07 Å². The zero-order valence-corrected chi connectivity index (χ0v) is 12.9. The highest BCUT2D eigenvalue weighted by Crippen LogP contribution is 2.22. The van der Waals surface area contributed by atoms with Crippen molar-refractivity contribution in [1.82, 2.24) is 10.2 Å². The quantitative estimate of drug-likeness (QED) is 0.907. The molecule has 1 aliphatic rings. The van der Waals surface area contributed by atoms with Gasteiger partial charge < -0.3 is 9.64 Å². The van der Waals surface area contributed by atoms with Crippen molar-refractivity contribution < 1.29 is 13.9 Å². The van der Waals surface area contributed by atoms with Gasteiger partial charge in [-0.2, -0.15) is 0 Å². The summed E-state index contributed by atoms with van der Waals surface area (Å²) in [6.07, 6.45) is 2.14. The second-order valence-electron chi connectivity index (χ2n) is 5.53. The molecule has 21 heavy (non-hydrogen) atoms. The molecule has 0 aromatic heterocycles. The van der Waals surface area contributed by atoms with Gasteiger partial charge >= 0.3 is 0 Å². The maximum absolute atomic E-state index is 14.0. The van der Waals surface area contributed by atoms with Gasteiger partial charge in [-0.25, -0.2) is 4.39 Å². The van der Waals surface area contributed by atoms with Crippen molar-refractivity contribution in [2.45, 2.75) is 38.8 Å². The van der Waals surface area contributed by atoms with E-state index in [-0.39, 0.29) is 23.8 Å². The molecule has 1 heterocycles. The topological polar surface area (TPSA) is 41.6 Å². The molecule has 0 aliphatic carbocycles. The van der Waals surface area contributed by atoms with Crippen LogP contribution in [0.4, 0.5) is 4.39 Å². The Morgan fingerprint density at radius 2 is 2.00 bits per heavy atom. The molecular weight excluding hydrogens is 271 g/mol. The molecule has 0 bridgehead atoms. The summed E-state index contributed by atoms with van der Waals surface area (Å²) in [5, 5.41) is 3.18. The number of likely N-dealkylation sites (tertiary alicyclic amines) is 1. The number of rotatable bonds is 5. The Labute approximate surface area is 125 Å². The monoisotopic (exact) mass is 294 g/mol. The fourth-order valence-corrected chi connectivity index (χ4v) is 2.73. The van der Waals surface area contributed by atoms with Crippen LogP contribution in [0.1, 0.15) is 38.3 Å². The molecule has 1 amide bonds. The number of methoxy groups -OCH3 is 1. The van der Waals surface area contributed by atoms with Crippen molar-refractivity contribution in [3.8, 4) is 5.75 Å². The van der Waals surface area contributed by atoms with E-state index < -0.39 is 0 Å². The lowest BCUT2D eigenvalue weighted by Gasteiger charge is -2.24. The number of halogens is 1. The minimum atomic E-state index is -0.324. The van der Waals surface area contributed by atoms with Gasteiger partial charge in [0.15, 0.2) is 0 Å². The van der Waals surface area contributed by atoms with Gasteiger partial charge in [-0.15, -0.1) is 0 Å². The molecule has 0 saturated carbocycles. The molecule has 2 atom stereocenters. The molecular formula is C16H23FN2O2. The molecule has 2 rings (SSSR count). The molecule has 1 saturated heterocycles. The van der Waals surface area contributed by atoms with Gasteiger partial charge in [0.1, 0.15) is 11.6 Å². The summed E-state index contributed by atoms with van der Waals surface area (Å²) < 4.78 is 19.0. The van der Waals surface area contributed by atoms with Gasteiger partial charge in [0.25, 0.3) is 0 Å². The number of carbonyl (C=O) groups excluding carboxylic acids is 1. The highest BCUT2D eigenvalue weighted by Gasteiger charge is 2.25. The molecule has 1 N–H and O–H groups in total. The Bertz CT molecular complexity index is 501. The van der Waals surface area contributed by atoms with E-state index in [2.05, 4.69) is 5.32 Å². The van der Waals surface area contributed by atoms with Gasteiger partial charge in [-0.3, -0.25) is 10.1 Å². The molecule has 4 nitrogen and oxygen atoms in total. The highest BCUT2D eigenvalue weighted by atomic mass is 19.1. The second-order valence-corrected chi connectivity index (χ2v) is 5.53. The number of hydrogen-bond acceptors (Lipinski definition) is 3. The van der Waals surface area contributed by atoms with E-state index in [9.17, 15) is 9.18 Å². The van der Waals surface area contributed by atoms with E-state index in [1.165, 1.54) is 13.2 Å². The van der Waals surface area contributed by atoms with Crippen molar-refractivity contribution in [1.29, 1.82) is 0 Å². The van der Waals surface area contributed by atoms with Crippen molar-refractivity contribution in [2.75, 3.05) is 20.2 Å². The largest absolute Gasteiger partial charge is 0.497 e. The molecule has 1 aliphatic heterocycles. The number of nitrogens with one attached hydrogen (secondary N) is 1. The first kappa shape index (κ1) is 15.8. The third kappa shape index (κ3) is 3.73. The van der Waals surface area contributed by atoms with Crippen LogP contribution < -0.4 is 10.1 Å². The lowest BCUT2D eigenvalue weighted by Crippen LogP contribution is -2.44. The minimum absolute atomic E-state index is 0.0910. The number of ether oxygens (including phenoxy) is 1. The predicted octanol–water partition coefficient (Wildman–Crippen LogP) is 2.50. The van der Waals surface area contributed by atoms with E-state index in [0.29, 0.717) is 11.3 Å². The summed E-state index contributed by atoms with van der Waals surface area (Å²) in [6.45, 7) is 5.35. The fraction of sp³-hybridized carbons (Fsp3) is 0.562. The number of hydrogen-bond donors (Lipinski definition) is 1. The highest BCUT2D eigenvalue weighted by molar-refractivity contribution is 5.81. The van der Waals surface area contributed by atoms with E-state index in [1.54, 1.807) is 12.1 Å². The van der Waals surface area contributed by atoms with Crippen LogP contribution in [0.3, 0.4) is 0 Å². The van der Waals surface area contributed by atoms with E-state index >= 15 is 0 Å². The number of amides is 1. The molecule has 5 heteroatoms. The van der Waals surface area contributed by atoms with Gasteiger partial charge in [0.05, 0.1) is 13.2 Å². The van der Waals surface area contributed by atoms with Gasteiger partial charge in [0, 0.05) is 30.8 Å². The fourth-order valence-electron chi connectivity index (χ4n) is 2.73. The molecule has 0 spiro atoms. The molecule has 1 fully saturated rings. The SMILES string of the molecule is COc1ccc(C(C)NC(C)C(=O)N2CCCC2)c(F)c1. The van der Waals surface area contributed by atoms with Crippen molar-refractivity contribution >= 4 is 5.91 Å². The van der Waals surface area contributed by atoms with Crippen LogP contribution in [-0.2, 0) is 4.79 Å². The lowest BCUT2D eigenvalue weighted by molar-refractivity contribution is -0.132. The first-order valence-corrected chi connectivity index (χ1v) is 7.41. The van der Waals surface area contributed by atoms with Crippen LogP contribution in [0.15, 0.2) is 18.2 Å². The average Bonchev–Trinajstić information content (AvgIpc) is 3.00. The number of carbonyl (C=O) groups is 1. The smallest absolute Gasteiger partial charge is 0.239 e. The zero-order chi connectivity index (χ0) is 15.4. The van der Waals surface area contributed by atoms with Crippen LogP contribution in [0.25, 0.3) is 0 Å². The van der Waals surface area contributed by atoms with Crippen molar-refractivity contribution in [3.63, 3.8) is 0 Å². The first-order chi connectivity index (χ1) is 10.0. The third-order valence-electron chi connectivity index (χ3n) is 3.96. The van der Waals surface area contributed by atoms with Crippen LogP contribution >= 0.6 is 0 Å². The molecule has 1 aromatic rings. The Kier molecular flexibility index (Phi) is 5.17.